The van der Waals surface area contributed by atoms with Gasteiger partial charge in [0.1, 0.15) is 11.6 Å². The number of thiophene rings is 2. The van der Waals surface area contributed by atoms with Crippen molar-refractivity contribution in [3.8, 4) is 32.0 Å². The highest BCUT2D eigenvalue weighted by Crippen LogP contribution is 2.42. The first-order chi connectivity index (χ1) is 30.2. The van der Waals surface area contributed by atoms with Crippen molar-refractivity contribution in [3.05, 3.63) is 119 Å². The van der Waals surface area contributed by atoms with Crippen molar-refractivity contribution in [2.45, 2.75) is 130 Å². The van der Waals surface area contributed by atoms with Gasteiger partial charge in [0.2, 0.25) is 0 Å². The summed E-state index contributed by atoms with van der Waals surface area (Å²) in [6.45, 7) is 17.1. The van der Waals surface area contributed by atoms with Crippen LogP contribution >= 0.6 is 22.7 Å². The van der Waals surface area contributed by atoms with Gasteiger partial charge in [0, 0.05) is 64.3 Å². The molecule has 1 N–H and O–H groups in total. The highest BCUT2D eigenvalue weighted by Gasteiger charge is 2.22. The number of unbranched alkanes of at least 4 members (excludes halogenated alkanes) is 9. The van der Waals surface area contributed by atoms with E-state index in [4.69, 9.17) is 0 Å². The lowest BCUT2D eigenvalue weighted by molar-refractivity contribution is -0.132. The van der Waals surface area contributed by atoms with E-state index in [0.29, 0.717) is 0 Å². The summed E-state index contributed by atoms with van der Waals surface area (Å²) in [7, 11) is 0. The number of fused-ring (bicyclic) bond motifs is 6. The number of aliphatic carboxylic acids is 1. The van der Waals surface area contributed by atoms with E-state index in [9.17, 15) is 15.2 Å². The zero-order valence-electron chi connectivity index (χ0n) is 38.1. The molecule has 0 bridgehead atoms. The summed E-state index contributed by atoms with van der Waals surface area (Å²) in [4.78, 5) is 15.6. The van der Waals surface area contributed by atoms with Crippen LogP contribution in [-0.2, 0) is 22.2 Å². The highest BCUT2D eigenvalue weighted by molar-refractivity contribution is 7.24. The first-order valence-electron chi connectivity index (χ1n) is 23.0. The molecule has 0 saturated carbocycles. The summed E-state index contributed by atoms with van der Waals surface area (Å²) in [5, 5.41) is 23.8. The van der Waals surface area contributed by atoms with Gasteiger partial charge in [-0.05, 0) is 119 Å². The first kappa shape index (κ1) is 44.2. The zero-order valence-corrected chi connectivity index (χ0v) is 39.7. The molecule has 8 aromatic rings. The summed E-state index contributed by atoms with van der Waals surface area (Å²) >= 11 is 3.24. The van der Waals surface area contributed by atoms with Crippen LogP contribution in [0.25, 0.3) is 75.6 Å². The van der Waals surface area contributed by atoms with Crippen LogP contribution in [0.4, 0.5) is 0 Å². The Morgan fingerprint density at radius 2 is 1.11 bits per heavy atom. The van der Waals surface area contributed by atoms with Gasteiger partial charge in [0.05, 0.1) is 11.0 Å². The number of aromatic nitrogens is 2. The number of aryl methyl sites for hydroxylation is 1. The van der Waals surface area contributed by atoms with Crippen LogP contribution in [0.1, 0.15) is 129 Å². The lowest BCUT2D eigenvalue weighted by Gasteiger charge is -2.19. The fraction of sp³-hybridized carbons (Fsp3) is 0.357. The Hall–Kier alpha value is -5.42. The minimum atomic E-state index is -1.21. The van der Waals surface area contributed by atoms with Gasteiger partial charge in [0.15, 0.2) is 0 Å². The molecule has 0 aliphatic heterocycles. The summed E-state index contributed by atoms with van der Waals surface area (Å²) in [6.07, 6.45) is 14.6. The number of nitriles is 1. The molecule has 8 rings (SSSR count). The van der Waals surface area contributed by atoms with Gasteiger partial charge in [-0.3, -0.25) is 0 Å². The van der Waals surface area contributed by atoms with Gasteiger partial charge in [0.25, 0.3) is 0 Å². The summed E-state index contributed by atoms with van der Waals surface area (Å²) in [5.41, 5.74) is 9.83. The normalized spacial score (nSPS) is 12.6. The predicted octanol–water partition coefficient (Wildman–Crippen LogP) is 16.9. The molecule has 324 valence electrons. The van der Waals surface area contributed by atoms with E-state index in [1.165, 1.54) is 146 Å². The Morgan fingerprint density at radius 3 is 1.70 bits per heavy atom. The molecule has 7 heteroatoms. The Balaban J connectivity index is 1.19. The van der Waals surface area contributed by atoms with Gasteiger partial charge < -0.3 is 14.2 Å². The molecule has 0 saturated heterocycles. The number of nitrogens with zero attached hydrogens (tertiary/aromatic N) is 3. The van der Waals surface area contributed by atoms with Crippen LogP contribution in [-0.4, -0.2) is 20.2 Å². The Morgan fingerprint density at radius 1 is 0.603 bits per heavy atom. The number of hydrogen-bond acceptors (Lipinski definition) is 4. The van der Waals surface area contributed by atoms with Crippen molar-refractivity contribution >= 4 is 78.3 Å². The smallest absolute Gasteiger partial charge is 0.346 e. The Labute approximate surface area is 381 Å². The van der Waals surface area contributed by atoms with E-state index in [0.717, 1.165) is 27.6 Å². The summed E-state index contributed by atoms with van der Waals surface area (Å²) in [6, 6.07) is 38.3. The number of hydrogen-bond donors (Lipinski definition) is 1. The third-order valence-corrected chi connectivity index (χ3v) is 15.1. The van der Waals surface area contributed by atoms with Gasteiger partial charge in [-0.2, -0.15) is 5.26 Å². The van der Waals surface area contributed by atoms with Crippen molar-refractivity contribution in [2.75, 3.05) is 0 Å². The van der Waals surface area contributed by atoms with E-state index in [-0.39, 0.29) is 16.4 Å². The zero-order chi connectivity index (χ0) is 44.5. The fourth-order valence-electron chi connectivity index (χ4n) is 9.09. The van der Waals surface area contributed by atoms with Crippen LogP contribution in [0.5, 0.6) is 0 Å². The van der Waals surface area contributed by atoms with Gasteiger partial charge in [-0.15, -0.1) is 22.7 Å². The molecule has 0 amide bonds. The van der Waals surface area contributed by atoms with E-state index >= 15 is 0 Å². The lowest BCUT2D eigenvalue weighted by Crippen LogP contribution is -2.10. The molecule has 0 aliphatic rings. The topological polar surface area (TPSA) is 70.9 Å². The lowest BCUT2D eigenvalue weighted by atomic mass is 9.85. The number of carboxylic acids is 1. The highest BCUT2D eigenvalue weighted by atomic mass is 32.1. The molecular weight excluding hydrogens is 811 g/mol. The van der Waals surface area contributed by atoms with Crippen LogP contribution < -0.4 is 0 Å². The molecule has 4 aromatic heterocycles. The second-order valence-corrected chi connectivity index (χ2v) is 21.6. The number of carbonyl (C=O) groups is 1. The molecule has 4 aromatic carbocycles. The van der Waals surface area contributed by atoms with Crippen molar-refractivity contribution in [1.82, 2.24) is 9.13 Å². The van der Waals surface area contributed by atoms with Crippen LogP contribution in [0.15, 0.2) is 103 Å². The van der Waals surface area contributed by atoms with E-state index in [1.807, 2.05) is 12.1 Å². The van der Waals surface area contributed by atoms with Crippen molar-refractivity contribution in [3.63, 3.8) is 0 Å². The maximum absolute atomic E-state index is 11.5. The van der Waals surface area contributed by atoms with Crippen LogP contribution in [0.2, 0.25) is 0 Å². The van der Waals surface area contributed by atoms with Crippen molar-refractivity contribution in [2.24, 2.45) is 0 Å². The van der Waals surface area contributed by atoms with Crippen molar-refractivity contribution < 1.29 is 9.90 Å². The Kier molecular flexibility index (Phi) is 12.9. The van der Waals surface area contributed by atoms with E-state index in [2.05, 4.69) is 143 Å². The Bertz CT molecular complexity index is 2950. The predicted molar refractivity (Wildman–Crippen MR) is 271 cm³/mol. The molecule has 0 atom stereocenters. The molecule has 5 nitrogen and oxygen atoms in total. The van der Waals surface area contributed by atoms with Crippen molar-refractivity contribution in [1.29, 1.82) is 5.26 Å². The van der Waals surface area contributed by atoms with Gasteiger partial charge in [-0.25, -0.2) is 4.79 Å². The minimum Gasteiger partial charge on any atom is -0.477 e. The monoisotopic (exact) mass is 871 g/mol. The molecule has 0 fully saturated rings. The van der Waals surface area contributed by atoms with Gasteiger partial charge in [-0.1, -0.05) is 124 Å². The summed E-state index contributed by atoms with van der Waals surface area (Å²) in [5.74, 6) is -1.21. The third kappa shape index (κ3) is 9.31. The fourth-order valence-corrected chi connectivity index (χ4v) is 11.1. The number of rotatable bonds is 16. The van der Waals surface area contributed by atoms with E-state index < -0.39 is 5.97 Å². The average molecular weight is 872 g/mol. The quantitative estimate of drug-likeness (QED) is 0.0597. The van der Waals surface area contributed by atoms with E-state index in [1.54, 1.807) is 17.4 Å². The number of carboxylic acid groups (broad SMARTS) is 1. The minimum absolute atomic E-state index is 0.0361. The molecule has 4 heterocycles. The SMILES string of the molecule is CCCCCCCCCCCCn1c2ccc(-c3ccc(-c4ccc(/C=C(/C#N)C(=O)O)s4)s3)cc2c2cc(-n3c4ccc(C(C)(C)C)cc4c4cc(C(C)(C)C)ccc43)ccc21. The third-order valence-electron chi connectivity index (χ3n) is 12.7. The second-order valence-electron chi connectivity index (χ2n) is 19.4. The molecule has 0 aliphatic carbocycles. The first-order valence-corrected chi connectivity index (χ1v) is 24.6. The maximum atomic E-state index is 11.5. The summed E-state index contributed by atoms with van der Waals surface area (Å²) < 4.78 is 5.04. The second kappa shape index (κ2) is 18.4. The molecule has 0 unspecified atom stereocenters. The molecule has 0 radical (unpaired) electrons. The average Bonchev–Trinajstić information content (AvgIpc) is 4.06. The molecule has 63 heavy (non-hydrogen) atoms. The van der Waals surface area contributed by atoms with Gasteiger partial charge >= 0.3 is 5.97 Å². The van der Waals surface area contributed by atoms with Crippen LogP contribution in [0.3, 0.4) is 0 Å². The molecule has 0 spiro atoms. The standard InChI is InChI=1S/C56H61N3O2S2/c1-8-9-10-11-12-13-14-15-16-17-30-58-47-23-18-37(51-28-29-53(63-51)52-27-22-42(62-52)31-38(36-57)54(60)61)32-43(47)46-35-41(21-26-48(46)58)59-49-24-19-39(55(2,3)4)33-44(49)45-34-40(56(5,6)7)20-25-50(45)59/h18-29,31-35H,8-17,30H2,1-7H3,(H,60,61)/b38-31-. The number of benzene rings is 4. The maximum Gasteiger partial charge on any atom is 0.346 e. The largest absolute Gasteiger partial charge is 0.477 e. The van der Waals surface area contributed by atoms with Crippen LogP contribution in [0, 0.1) is 11.3 Å². The molecular formula is C56H61N3O2S2.